The van der Waals surface area contributed by atoms with Gasteiger partial charge in [-0.15, -0.1) is 0 Å². The van der Waals surface area contributed by atoms with Gasteiger partial charge in [0.05, 0.1) is 6.33 Å². The zero-order chi connectivity index (χ0) is 10.2. The molecule has 1 rings (SSSR count). The van der Waals surface area contributed by atoms with Gasteiger partial charge in [0.2, 0.25) is 5.91 Å². The van der Waals surface area contributed by atoms with Crippen LogP contribution in [-0.2, 0) is 11.2 Å². The molecule has 0 radical (unpaired) electrons. The predicted octanol–water partition coefficient (Wildman–Crippen LogP) is 1.26. The van der Waals surface area contributed by atoms with Crippen molar-refractivity contribution >= 4 is 5.91 Å². The van der Waals surface area contributed by atoms with Crippen LogP contribution in [0.4, 0.5) is 0 Å². The summed E-state index contributed by atoms with van der Waals surface area (Å²) in [4.78, 5) is 18.1. The second-order valence-electron chi connectivity index (χ2n) is 3.28. The minimum Gasteiger partial charge on any atom is -0.356 e. The van der Waals surface area contributed by atoms with Gasteiger partial charge in [-0.05, 0) is 6.42 Å². The van der Waals surface area contributed by atoms with Gasteiger partial charge in [0, 0.05) is 31.3 Å². The first-order valence-corrected chi connectivity index (χ1v) is 5.07. The lowest BCUT2D eigenvalue weighted by Crippen LogP contribution is -2.25. The average Bonchev–Trinajstić information content (AvgIpc) is 2.67. The van der Waals surface area contributed by atoms with Gasteiger partial charge >= 0.3 is 0 Å². The summed E-state index contributed by atoms with van der Waals surface area (Å²) in [6, 6.07) is 0. The highest BCUT2D eigenvalue weighted by atomic mass is 16.1. The van der Waals surface area contributed by atoms with Crippen LogP contribution in [0.1, 0.15) is 31.9 Å². The fourth-order valence-corrected chi connectivity index (χ4v) is 1.18. The summed E-state index contributed by atoms with van der Waals surface area (Å²) in [5.74, 6) is 0.145. The number of hydrogen-bond donors (Lipinski definition) is 2. The zero-order valence-electron chi connectivity index (χ0n) is 8.55. The van der Waals surface area contributed by atoms with Gasteiger partial charge in [0.15, 0.2) is 0 Å². The molecule has 14 heavy (non-hydrogen) atoms. The Balaban J connectivity index is 2.06. The Morgan fingerprint density at radius 3 is 3.14 bits per heavy atom. The topological polar surface area (TPSA) is 57.8 Å². The molecule has 0 fully saturated rings. The number of rotatable bonds is 6. The largest absolute Gasteiger partial charge is 0.356 e. The van der Waals surface area contributed by atoms with E-state index >= 15 is 0 Å². The summed E-state index contributed by atoms with van der Waals surface area (Å²) < 4.78 is 0. The van der Waals surface area contributed by atoms with E-state index in [1.54, 1.807) is 12.5 Å². The van der Waals surface area contributed by atoms with E-state index < -0.39 is 0 Å². The first-order valence-electron chi connectivity index (χ1n) is 5.07. The SMILES string of the molecule is CCCCC(=O)NCCc1cnc[nH]1. The van der Waals surface area contributed by atoms with E-state index in [9.17, 15) is 4.79 Å². The molecule has 0 aliphatic heterocycles. The number of aromatic nitrogens is 2. The van der Waals surface area contributed by atoms with Crippen molar-refractivity contribution in [3.63, 3.8) is 0 Å². The molecule has 0 aromatic carbocycles. The molecule has 0 saturated carbocycles. The van der Waals surface area contributed by atoms with Crippen LogP contribution in [0.3, 0.4) is 0 Å². The molecule has 0 spiro atoms. The van der Waals surface area contributed by atoms with Crippen molar-refractivity contribution in [2.24, 2.45) is 0 Å². The molecule has 1 heterocycles. The third kappa shape index (κ3) is 4.07. The first kappa shape index (κ1) is 10.8. The van der Waals surface area contributed by atoms with Crippen LogP contribution < -0.4 is 5.32 Å². The number of amides is 1. The number of carbonyl (C=O) groups is 1. The molecule has 1 aromatic heterocycles. The molecule has 1 aromatic rings. The van der Waals surface area contributed by atoms with Crippen LogP contribution in [0.25, 0.3) is 0 Å². The molecular formula is C10H17N3O. The maximum Gasteiger partial charge on any atom is 0.220 e. The quantitative estimate of drug-likeness (QED) is 0.718. The van der Waals surface area contributed by atoms with Crippen LogP contribution in [0, 0.1) is 0 Å². The Kier molecular flexibility index (Phi) is 4.75. The molecule has 2 N–H and O–H groups in total. The van der Waals surface area contributed by atoms with Crippen molar-refractivity contribution in [1.29, 1.82) is 0 Å². The van der Waals surface area contributed by atoms with E-state index in [4.69, 9.17) is 0 Å². The molecule has 78 valence electrons. The standard InChI is InChI=1S/C10H17N3O/c1-2-3-4-10(14)12-6-5-9-7-11-8-13-9/h7-8H,2-6H2,1H3,(H,11,13)(H,12,14). The minimum atomic E-state index is 0.145. The highest BCUT2D eigenvalue weighted by molar-refractivity contribution is 5.75. The van der Waals surface area contributed by atoms with Crippen LogP contribution in [0.5, 0.6) is 0 Å². The maximum atomic E-state index is 11.2. The summed E-state index contributed by atoms with van der Waals surface area (Å²) in [7, 11) is 0. The molecule has 4 heteroatoms. The number of nitrogens with one attached hydrogen (secondary N) is 2. The number of nitrogens with zero attached hydrogens (tertiary/aromatic N) is 1. The Labute approximate surface area is 84.1 Å². The Hall–Kier alpha value is -1.32. The van der Waals surface area contributed by atoms with Gasteiger partial charge in [-0.25, -0.2) is 4.98 Å². The summed E-state index contributed by atoms with van der Waals surface area (Å²) in [6.07, 6.45) is 6.91. The van der Waals surface area contributed by atoms with E-state index in [0.29, 0.717) is 13.0 Å². The fourth-order valence-electron chi connectivity index (χ4n) is 1.18. The number of imidazole rings is 1. The van der Waals surface area contributed by atoms with Gasteiger partial charge in [0.25, 0.3) is 0 Å². The van der Waals surface area contributed by atoms with Crippen LogP contribution in [0.15, 0.2) is 12.5 Å². The van der Waals surface area contributed by atoms with Crippen molar-refractivity contribution in [3.8, 4) is 0 Å². The van der Waals surface area contributed by atoms with Crippen LogP contribution in [0.2, 0.25) is 0 Å². The van der Waals surface area contributed by atoms with Crippen molar-refractivity contribution in [2.75, 3.05) is 6.54 Å². The van der Waals surface area contributed by atoms with E-state index in [0.717, 1.165) is 25.0 Å². The third-order valence-corrected chi connectivity index (χ3v) is 2.03. The molecule has 0 unspecified atom stereocenters. The van der Waals surface area contributed by atoms with Crippen molar-refractivity contribution in [1.82, 2.24) is 15.3 Å². The van der Waals surface area contributed by atoms with E-state index in [2.05, 4.69) is 22.2 Å². The smallest absolute Gasteiger partial charge is 0.220 e. The lowest BCUT2D eigenvalue weighted by atomic mass is 10.2. The van der Waals surface area contributed by atoms with E-state index in [-0.39, 0.29) is 5.91 Å². The van der Waals surface area contributed by atoms with Gasteiger partial charge in [-0.2, -0.15) is 0 Å². The second kappa shape index (κ2) is 6.18. The third-order valence-electron chi connectivity index (χ3n) is 2.03. The first-order chi connectivity index (χ1) is 6.83. The Morgan fingerprint density at radius 2 is 2.50 bits per heavy atom. The van der Waals surface area contributed by atoms with Crippen LogP contribution >= 0.6 is 0 Å². The molecule has 1 amide bonds. The van der Waals surface area contributed by atoms with Gasteiger partial charge < -0.3 is 10.3 Å². The molecule has 0 atom stereocenters. The number of hydrogen-bond acceptors (Lipinski definition) is 2. The number of unbranched alkanes of at least 4 members (excludes halogenated alkanes) is 1. The van der Waals surface area contributed by atoms with Crippen molar-refractivity contribution in [3.05, 3.63) is 18.2 Å². The average molecular weight is 195 g/mol. The molecule has 0 saturated heterocycles. The lowest BCUT2D eigenvalue weighted by Gasteiger charge is -2.02. The Morgan fingerprint density at radius 1 is 1.64 bits per heavy atom. The van der Waals surface area contributed by atoms with Crippen LogP contribution in [-0.4, -0.2) is 22.4 Å². The Bertz CT molecular complexity index is 256. The van der Waals surface area contributed by atoms with Crippen molar-refractivity contribution in [2.45, 2.75) is 32.6 Å². The number of aromatic amines is 1. The number of H-pyrrole nitrogens is 1. The summed E-state index contributed by atoms with van der Waals surface area (Å²) in [5.41, 5.74) is 1.06. The zero-order valence-corrected chi connectivity index (χ0v) is 8.55. The lowest BCUT2D eigenvalue weighted by molar-refractivity contribution is -0.121. The number of carbonyl (C=O) groups excluding carboxylic acids is 1. The van der Waals surface area contributed by atoms with Gasteiger partial charge in [-0.3, -0.25) is 4.79 Å². The highest BCUT2D eigenvalue weighted by Crippen LogP contribution is 1.94. The van der Waals surface area contributed by atoms with Crippen molar-refractivity contribution < 1.29 is 4.79 Å². The molecule has 4 nitrogen and oxygen atoms in total. The van der Waals surface area contributed by atoms with E-state index in [1.165, 1.54) is 0 Å². The minimum absolute atomic E-state index is 0.145. The van der Waals surface area contributed by atoms with Gasteiger partial charge in [0.1, 0.15) is 0 Å². The normalized spacial score (nSPS) is 10.1. The molecular weight excluding hydrogens is 178 g/mol. The molecule has 0 bridgehead atoms. The van der Waals surface area contributed by atoms with Gasteiger partial charge in [-0.1, -0.05) is 13.3 Å². The summed E-state index contributed by atoms with van der Waals surface area (Å²) >= 11 is 0. The fraction of sp³-hybridized carbons (Fsp3) is 0.600. The monoisotopic (exact) mass is 195 g/mol. The molecule has 0 aliphatic carbocycles. The summed E-state index contributed by atoms with van der Waals surface area (Å²) in [5, 5.41) is 2.87. The highest BCUT2D eigenvalue weighted by Gasteiger charge is 1.99. The van der Waals surface area contributed by atoms with E-state index in [1.807, 2.05) is 0 Å². The predicted molar refractivity (Wildman–Crippen MR) is 54.8 cm³/mol. The second-order valence-corrected chi connectivity index (χ2v) is 3.28. The molecule has 0 aliphatic rings. The maximum absolute atomic E-state index is 11.2. The summed E-state index contributed by atoms with van der Waals surface area (Å²) in [6.45, 7) is 2.77.